The lowest BCUT2D eigenvalue weighted by Crippen LogP contribution is -2.28. The summed E-state index contributed by atoms with van der Waals surface area (Å²) >= 11 is 0. The van der Waals surface area contributed by atoms with Crippen molar-refractivity contribution in [1.29, 1.82) is 0 Å². The summed E-state index contributed by atoms with van der Waals surface area (Å²) in [4.78, 5) is 24.7. The van der Waals surface area contributed by atoms with Gasteiger partial charge in [-0.3, -0.25) is 9.59 Å². The highest BCUT2D eigenvalue weighted by Crippen LogP contribution is 2.20. The highest BCUT2D eigenvalue weighted by molar-refractivity contribution is 5.70. The second-order valence-electron chi connectivity index (χ2n) is 26.8. The van der Waals surface area contributed by atoms with Crippen LogP contribution in [0, 0.1) is 0 Å². The summed E-state index contributed by atoms with van der Waals surface area (Å²) in [5, 5.41) is 9.72. The molecule has 1 N–H and O–H groups in total. The van der Waals surface area contributed by atoms with Gasteiger partial charge in [0.05, 0.1) is 6.61 Å². The van der Waals surface area contributed by atoms with E-state index < -0.39 is 6.10 Å². The Bertz CT molecular complexity index is 1290. The van der Waals surface area contributed by atoms with Crippen LogP contribution in [-0.4, -0.2) is 36.4 Å². The molecule has 0 aliphatic rings. The summed E-state index contributed by atoms with van der Waals surface area (Å²) in [6.45, 7) is 4.21. The Morgan fingerprint density at radius 3 is 0.702 bits per heavy atom. The third-order valence-electron chi connectivity index (χ3n) is 18.2. The van der Waals surface area contributed by atoms with Crippen molar-refractivity contribution >= 4 is 11.9 Å². The lowest BCUT2D eigenvalue weighted by molar-refractivity contribution is -0.161. The molecule has 0 aromatic heterocycles. The maximum atomic E-state index is 12.4. The zero-order valence-corrected chi connectivity index (χ0v) is 57.5. The standard InChI is InChI=1S/C79H152O5/c1-3-5-7-9-11-13-15-17-19-21-23-25-27-29-31-33-35-36-37-38-39-40-41-42-44-45-47-49-51-53-55-57-59-61-63-65-67-69-71-73-78(81)83-76-77(75-80)84-79(82)74-72-70-68-66-64-62-60-58-56-54-52-50-48-46-43-34-32-30-28-26-24-22-20-18-16-14-12-10-8-6-4-2/h16,18,22,24,77,80H,3-15,17,19-21,23,25-76H2,1-2H3/b18-16-,24-22-. The van der Waals surface area contributed by atoms with Gasteiger partial charge in [-0.05, 0) is 44.9 Å². The first kappa shape index (κ1) is 82.4. The van der Waals surface area contributed by atoms with Crippen LogP contribution in [-0.2, 0) is 19.1 Å². The van der Waals surface area contributed by atoms with Gasteiger partial charge in [0.2, 0.25) is 0 Å². The topological polar surface area (TPSA) is 72.8 Å². The molecule has 0 radical (unpaired) electrons. The largest absolute Gasteiger partial charge is 0.462 e. The van der Waals surface area contributed by atoms with E-state index in [9.17, 15) is 14.7 Å². The van der Waals surface area contributed by atoms with Gasteiger partial charge in [-0.15, -0.1) is 0 Å². The minimum atomic E-state index is -0.769. The van der Waals surface area contributed by atoms with Crippen molar-refractivity contribution < 1.29 is 24.2 Å². The van der Waals surface area contributed by atoms with Gasteiger partial charge < -0.3 is 14.6 Å². The molecular weight excluding hydrogens is 1030 g/mol. The molecule has 84 heavy (non-hydrogen) atoms. The summed E-state index contributed by atoms with van der Waals surface area (Å²) in [5.41, 5.74) is 0. The van der Waals surface area contributed by atoms with Crippen molar-refractivity contribution in [3.63, 3.8) is 0 Å². The molecule has 0 amide bonds. The Balaban J connectivity index is 3.35. The molecule has 0 saturated heterocycles. The molecule has 0 spiro atoms. The minimum absolute atomic E-state index is 0.0577. The van der Waals surface area contributed by atoms with Gasteiger partial charge >= 0.3 is 11.9 Å². The first-order valence-electron chi connectivity index (χ1n) is 38.9. The number of unbranched alkanes of at least 4 members (excludes halogenated alkanes) is 62. The van der Waals surface area contributed by atoms with Crippen LogP contribution in [0.3, 0.4) is 0 Å². The first-order chi connectivity index (χ1) is 41.6. The SMILES string of the molecule is CCCCCCC/C=C\C/C=C\CCCCCCCCCCCCCCCCCCCCCC(=O)OC(CO)COC(=O)CCCCCCCCCCCCCCCCCCCCCCCCCCCCCCCCCCCCCCCCC. The van der Waals surface area contributed by atoms with E-state index in [1.165, 1.54) is 385 Å². The molecule has 5 nitrogen and oxygen atoms in total. The Hall–Kier alpha value is -1.62. The molecule has 498 valence electrons. The van der Waals surface area contributed by atoms with Gasteiger partial charge in [-0.1, -0.05) is 417 Å². The summed E-state index contributed by atoms with van der Waals surface area (Å²) < 4.78 is 10.8. The zero-order valence-electron chi connectivity index (χ0n) is 57.5. The van der Waals surface area contributed by atoms with Crippen LogP contribution in [0.5, 0.6) is 0 Å². The smallest absolute Gasteiger partial charge is 0.306 e. The van der Waals surface area contributed by atoms with Gasteiger partial charge in [0.25, 0.3) is 0 Å². The van der Waals surface area contributed by atoms with Gasteiger partial charge in [0.15, 0.2) is 6.10 Å². The summed E-state index contributed by atoms with van der Waals surface area (Å²) in [5.74, 6) is -0.561. The summed E-state index contributed by atoms with van der Waals surface area (Å²) in [6, 6.07) is 0. The summed E-state index contributed by atoms with van der Waals surface area (Å²) in [7, 11) is 0. The van der Waals surface area contributed by atoms with Crippen LogP contribution in [0.4, 0.5) is 0 Å². The van der Waals surface area contributed by atoms with Crippen molar-refractivity contribution in [2.24, 2.45) is 0 Å². The van der Waals surface area contributed by atoms with E-state index in [-0.39, 0.29) is 25.2 Å². The van der Waals surface area contributed by atoms with E-state index in [1.807, 2.05) is 0 Å². The lowest BCUT2D eigenvalue weighted by atomic mass is 10.0. The lowest BCUT2D eigenvalue weighted by Gasteiger charge is -2.15. The molecule has 5 heteroatoms. The summed E-state index contributed by atoms with van der Waals surface area (Å²) in [6.07, 6.45) is 99.8. The molecule has 0 aliphatic carbocycles. The molecule has 0 saturated carbocycles. The second kappa shape index (κ2) is 75.6. The number of allylic oxidation sites excluding steroid dienone is 4. The van der Waals surface area contributed by atoms with Crippen molar-refractivity contribution in [1.82, 2.24) is 0 Å². The number of rotatable bonds is 74. The molecule has 0 heterocycles. The van der Waals surface area contributed by atoms with Crippen LogP contribution in [0.2, 0.25) is 0 Å². The average molecular weight is 1180 g/mol. The number of aliphatic hydroxyl groups is 1. The number of esters is 2. The fourth-order valence-electron chi connectivity index (χ4n) is 12.4. The predicted octanol–water partition coefficient (Wildman–Crippen LogP) is 27.1. The van der Waals surface area contributed by atoms with E-state index >= 15 is 0 Å². The van der Waals surface area contributed by atoms with Gasteiger partial charge in [0, 0.05) is 12.8 Å². The van der Waals surface area contributed by atoms with E-state index in [0.717, 1.165) is 38.5 Å². The van der Waals surface area contributed by atoms with Crippen LogP contribution >= 0.6 is 0 Å². The number of carbonyl (C=O) groups is 2. The molecule has 0 rings (SSSR count). The van der Waals surface area contributed by atoms with Crippen LogP contribution in [0.1, 0.15) is 450 Å². The molecule has 0 aliphatic heterocycles. The van der Waals surface area contributed by atoms with Crippen LogP contribution < -0.4 is 0 Å². The average Bonchev–Trinajstić information content (AvgIpc) is 3.51. The molecule has 1 atom stereocenters. The molecular formula is C79H152O5. The molecule has 0 bridgehead atoms. The number of hydrogen-bond acceptors (Lipinski definition) is 5. The van der Waals surface area contributed by atoms with Crippen LogP contribution in [0.25, 0.3) is 0 Å². The quantitative estimate of drug-likeness (QED) is 0.0373. The Labute approximate surface area is 527 Å². The van der Waals surface area contributed by atoms with E-state index in [1.54, 1.807) is 0 Å². The maximum absolute atomic E-state index is 12.4. The monoisotopic (exact) mass is 1180 g/mol. The Morgan fingerprint density at radius 2 is 0.476 bits per heavy atom. The van der Waals surface area contributed by atoms with Crippen molar-refractivity contribution in [3.05, 3.63) is 24.3 Å². The predicted molar refractivity (Wildman–Crippen MR) is 372 cm³/mol. The van der Waals surface area contributed by atoms with Gasteiger partial charge in [0.1, 0.15) is 6.61 Å². The number of ether oxygens (including phenoxy) is 2. The number of aliphatic hydroxyl groups excluding tert-OH is 1. The molecule has 1 unspecified atom stereocenters. The molecule has 0 aromatic carbocycles. The minimum Gasteiger partial charge on any atom is -0.462 e. The first-order valence-corrected chi connectivity index (χ1v) is 38.9. The third-order valence-corrected chi connectivity index (χ3v) is 18.2. The molecule has 0 aromatic rings. The second-order valence-corrected chi connectivity index (χ2v) is 26.8. The number of carbonyl (C=O) groups excluding carboxylic acids is 2. The highest BCUT2D eigenvalue weighted by Gasteiger charge is 2.16. The normalized spacial score (nSPS) is 12.2. The van der Waals surface area contributed by atoms with Crippen molar-refractivity contribution in [2.75, 3.05) is 13.2 Å². The Morgan fingerprint density at radius 1 is 0.274 bits per heavy atom. The highest BCUT2D eigenvalue weighted by atomic mass is 16.6. The van der Waals surface area contributed by atoms with E-state index in [4.69, 9.17) is 9.47 Å². The van der Waals surface area contributed by atoms with Gasteiger partial charge in [-0.2, -0.15) is 0 Å². The third kappa shape index (κ3) is 72.9. The van der Waals surface area contributed by atoms with Crippen molar-refractivity contribution in [2.45, 2.75) is 457 Å². The number of hydrogen-bond donors (Lipinski definition) is 1. The fraction of sp³-hybridized carbons (Fsp3) is 0.924. The van der Waals surface area contributed by atoms with Gasteiger partial charge in [-0.25, -0.2) is 0 Å². The van der Waals surface area contributed by atoms with Crippen LogP contribution in [0.15, 0.2) is 24.3 Å². The zero-order chi connectivity index (χ0) is 60.5. The van der Waals surface area contributed by atoms with E-state index in [0.29, 0.717) is 12.8 Å². The fourth-order valence-corrected chi connectivity index (χ4v) is 12.4. The van der Waals surface area contributed by atoms with Crippen molar-refractivity contribution in [3.8, 4) is 0 Å². The maximum Gasteiger partial charge on any atom is 0.306 e. The Kier molecular flexibility index (Phi) is 74.2. The van der Waals surface area contributed by atoms with E-state index in [2.05, 4.69) is 38.2 Å². The molecule has 0 fully saturated rings.